The van der Waals surface area contributed by atoms with Crippen LogP contribution in [0.2, 0.25) is 0 Å². The summed E-state index contributed by atoms with van der Waals surface area (Å²) in [6.45, 7) is 0. The molecule has 0 unspecified atom stereocenters. The fraction of sp³-hybridized carbons (Fsp3) is 0.0625. The van der Waals surface area contributed by atoms with Crippen LogP contribution in [-0.4, -0.2) is 16.2 Å². The minimum atomic E-state index is -0.416. The molecule has 0 radical (unpaired) electrons. The number of carbonyl (C=O) groups excluding carboxylic acids is 1. The van der Waals surface area contributed by atoms with Gasteiger partial charge in [-0.2, -0.15) is 0 Å². The molecule has 0 atom stereocenters. The Labute approximate surface area is 134 Å². The van der Waals surface area contributed by atoms with Gasteiger partial charge in [-0.1, -0.05) is 23.5 Å². The van der Waals surface area contributed by atoms with Crippen LogP contribution in [0.3, 0.4) is 0 Å². The zero-order valence-electron chi connectivity index (χ0n) is 12.1. The Morgan fingerprint density at radius 1 is 1.17 bits per heavy atom. The van der Waals surface area contributed by atoms with Crippen molar-refractivity contribution in [2.24, 2.45) is 17.3 Å². The van der Waals surface area contributed by atoms with E-state index in [-0.39, 0.29) is 11.6 Å². The van der Waals surface area contributed by atoms with Gasteiger partial charge in [0.1, 0.15) is 5.82 Å². The molecule has 0 saturated heterocycles. The summed E-state index contributed by atoms with van der Waals surface area (Å²) in [6, 6.07) is 12.0. The molecular formula is C16H11FN4OS. The van der Waals surface area contributed by atoms with Crippen molar-refractivity contribution in [1.82, 2.24) is 4.57 Å². The van der Waals surface area contributed by atoms with Gasteiger partial charge in [0.2, 0.25) is 4.80 Å². The predicted octanol–water partition coefficient (Wildman–Crippen LogP) is 2.64. The Kier molecular flexibility index (Phi) is 3.09. The molecule has 1 N–H and O–H groups in total. The molecule has 1 aromatic heterocycles. The summed E-state index contributed by atoms with van der Waals surface area (Å²) in [5.41, 5.74) is 2.14. The lowest BCUT2D eigenvalue weighted by atomic mass is 10.1. The van der Waals surface area contributed by atoms with E-state index in [0.717, 1.165) is 10.2 Å². The zero-order valence-corrected chi connectivity index (χ0v) is 12.9. The molecular weight excluding hydrogens is 315 g/mol. The minimum absolute atomic E-state index is 0.122. The first kappa shape index (κ1) is 13.8. The van der Waals surface area contributed by atoms with E-state index in [1.807, 2.05) is 35.9 Å². The number of amides is 1. The number of benzene rings is 2. The molecule has 7 heteroatoms. The normalized spacial score (nSPS) is 16.2. The number of thiazole rings is 1. The lowest BCUT2D eigenvalue weighted by Gasteiger charge is -1.96. The smallest absolute Gasteiger partial charge is 0.276 e. The number of anilines is 1. The van der Waals surface area contributed by atoms with Crippen LogP contribution < -0.4 is 10.1 Å². The molecule has 5 nitrogen and oxygen atoms in total. The number of rotatable bonds is 1. The van der Waals surface area contributed by atoms with Gasteiger partial charge in [0.25, 0.3) is 5.91 Å². The standard InChI is InChI=1S/C16H11FN4OS/c1-21-12-4-2-3-5-13(12)23-16(21)20-19-14-10-8-9(17)6-7-11(10)18-15(14)22/h2-8H,1H3,(H,18,19,22). The van der Waals surface area contributed by atoms with Gasteiger partial charge < -0.3 is 9.88 Å². The first-order valence-corrected chi connectivity index (χ1v) is 7.72. The first-order valence-electron chi connectivity index (χ1n) is 6.91. The molecule has 0 aliphatic carbocycles. The van der Waals surface area contributed by atoms with E-state index in [9.17, 15) is 9.18 Å². The zero-order chi connectivity index (χ0) is 16.0. The predicted molar refractivity (Wildman–Crippen MR) is 87.9 cm³/mol. The van der Waals surface area contributed by atoms with Gasteiger partial charge in [0, 0.05) is 12.6 Å². The summed E-state index contributed by atoms with van der Waals surface area (Å²) >= 11 is 1.48. The topological polar surface area (TPSA) is 58.8 Å². The number of fused-ring (bicyclic) bond motifs is 2. The van der Waals surface area contributed by atoms with Crippen molar-refractivity contribution < 1.29 is 9.18 Å². The van der Waals surface area contributed by atoms with Crippen molar-refractivity contribution in [2.75, 3.05) is 5.32 Å². The van der Waals surface area contributed by atoms with Crippen LogP contribution in [0.15, 0.2) is 52.7 Å². The Morgan fingerprint density at radius 3 is 2.83 bits per heavy atom. The molecule has 4 rings (SSSR count). The second-order valence-corrected chi connectivity index (χ2v) is 6.11. The maximum absolute atomic E-state index is 13.4. The first-order chi connectivity index (χ1) is 11.1. The number of carbonyl (C=O) groups is 1. The number of nitrogens with zero attached hydrogens (tertiary/aromatic N) is 3. The molecule has 1 aliphatic rings. The van der Waals surface area contributed by atoms with E-state index >= 15 is 0 Å². The van der Waals surface area contributed by atoms with E-state index in [1.54, 1.807) is 0 Å². The van der Waals surface area contributed by atoms with E-state index < -0.39 is 5.82 Å². The molecule has 0 fully saturated rings. The van der Waals surface area contributed by atoms with Crippen molar-refractivity contribution in [3.8, 4) is 0 Å². The van der Waals surface area contributed by atoms with Crippen LogP contribution in [0.25, 0.3) is 10.2 Å². The summed E-state index contributed by atoms with van der Waals surface area (Å²) in [7, 11) is 1.89. The van der Waals surface area contributed by atoms with E-state index in [4.69, 9.17) is 0 Å². The molecule has 3 aromatic rings. The van der Waals surface area contributed by atoms with Crippen molar-refractivity contribution in [3.63, 3.8) is 0 Å². The second-order valence-electron chi connectivity index (χ2n) is 5.10. The molecule has 2 heterocycles. The van der Waals surface area contributed by atoms with Gasteiger partial charge in [0.15, 0.2) is 5.71 Å². The highest BCUT2D eigenvalue weighted by Gasteiger charge is 2.26. The maximum atomic E-state index is 13.4. The number of hydrogen-bond donors (Lipinski definition) is 1. The van der Waals surface area contributed by atoms with Crippen LogP contribution in [0.1, 0.15) is 5.56 Å². The average molecular weight is 326 g/mol. The molecule has 1 amide bonds. The Balaban J connectivity index is 1.86. The van der Waals surface area contributed by atoms with Crippen molar-refractivity contribution in [2.45, 2.75) is 0 Å². The number of para-hydroxylation sites is 1. The average Bonchev–Trinajstić information content (AvgIpc) is 3.03. The lowest BCUT2D eigenvalue weighted by Crippen LogP contribution is -2.15. The van der Waals surface area contributed by atoms with Gasteiger partial charge >= 0.3 is 0 Å². The third-order valence-corrected chi connectivity index (χ3v) is 4.75. The van der Waals surface area contributed by atoms with Gasteiger partial charge in [-0.25, -0.2) is 4.39 Å². The third-order valence-electron chi connectivity index (χ3n) is 3.65. The fourth-order valence-corrected chi connectivity index (χ4v) is 3.46. The highest BCUT2D eigenvalue weighted by atomic mass is 32.1. The summed E-state index contributed by atoms with van der Waals surface area (Å²) in [5, 5.41) is 10.9. The highest BCUT2D eigenvalue weighted by Crippen LogP contribution is 2.24. The number of aromatic nitrogens is 1. The quantitative estimate of drug-likeness (QED) is 0.687. The summed E-state index contributed by atoms with van der Waals surface area (Å²) < 4.78 is 16.4. The minimum Gasteiger partial charge on any atom is -0.320 e. The summed E-state index contributed by atoms with van der Waals surface area (Å²) in [5.74, 6) is -0.793. The van der Waals surface area contributed by atoms with Crippen LogP contribution >= 0.6 is 11.3 Å². The van der Waals surface area contributed by atoms with Crippen LogP contribution in [0.5, 0.6) is 0 Å². The van der Waals surface area contributed by atoms with E-state index in [1.165, 1.54) is 29.5 Å². The molecule has 23 heavy (non-hydrogen) atoms. The van der Waals surface area contributed by atoms with Crippen LogP contribution in [-0.2, 0) is 11.8 Å². The van der Waals surface area contributed by atoms with E-state index in [0.29, 0.717) is 16.1 Å². The fourth-order valence-electron chi connectivity index (χ4n) is 2.50. The monoisotopic (exact) mass is 326 g/mol. The van der Waals surface area contributed by atoms with Crippen LogP contribution in [0.4, 0.5) is 10.1 Å². The largest absolute Gasteiger partial charge is 0.320 e. The van der Waals surface area contributed by atoms with Gasteiger partial charge in [-0.3, -0.25) is 4.79 Å². The van der Waals surface area contributed by atoms with Crippen LogP contribution in [0, 0.1) is 5.82 Å². The number of aryl methyl sites for hydroxylation is 1. The molecule has 0 bridgehead atoms. The number of nitrogens with one attached hydrogen (secondary N) is 1. The maximum Gasteiger partial charge on any atom is 0.276 e. The van der Waals surface area contributed by atoms with Crippen molar-refractivity contribution in [3.05, 3.63) is 58.6 Å². The number of hydrogen-bond acceptors (Lipinski definition) is 4. The lowest BCUT2D eigenvalue weighted by molar-refractivity contribution is -0.110. The van der Waals surface area contributed by atoms with Gasteiger partial charge in [-0.05, 0) is 30.3 Å². The molecule has 1 aliphatic heterocycles. The van der Waals surface area contributed by atoms with E-state index in [2.05, 4.69) is 15.5 Å². The molecule has 0 saturated carbocycles. The number of halogens is 1. The van der Waals surface area contributed by atoms with Gasteiger partial charge in [-0.15, -0.1) is 10.2 Å². The molecule has 114 valence electrons. The Hall–Kier alpha value is -2.80. The van der Waals surface area contributed by atoms with Crippen molar-refractivity contribution in [1.29, 1.82) is 0 Å². The second kappa shape index (κ2) is 5.13. The highest BCUT2D eigenvalue weighted by molar-refractivity contribution is 7.16. The summed E-state index contributed by atoms with van der Waals surface area (Å²) in [4.78, 5) is 12.7. The Morgan fingerprint density at radius 2 is 2.00 bits per heavy atom. The third kappa shape index (κ3) is 2.25. The summed E-state index contributed by atoms with van der Waals surface area (Å²) in [6.07, 6.45) is 0. The van der Waals surface area contributed by atoms with Gasteiger partial charge in [0.05, 0.1) is 15.9 Å². The molecule has 2 aromatic carbocycles. The SMILES string of the molecule is Cn1c(=NN=C2C(=O)Nc3ccc(F)cc32)sc2ccccc21. The Bertz CT molecular complexity index is 1050. The molecule has 0 spiro atoms. The van der Waals surface area contributed by atoms with Crippen molar-refractivity contribution >= 4 is 38.9 Å².